The second-order valence-electron chi connectivity index (χ2n) is 7.72. The molecule has 34 heavy (non-hydrogen) atoms. The number of rotatable bonds is 7. The summed E-state index contributed by atoms with van der Waals surface area (Å²) in [5.41, 5.74) is 7.65. The monoisotopic (exact) mass is 482 g/mol. The summed E-state index contributed by atoms with van der Waals surface area (Å²) < 4.78 is 31.9. The Balaban J connectivity index is 1.46. The van der Waals surface area contributed by atoms with Crippen molar-refractivity contribution in [3.63, 3.8) is 0 Å². The smallest absolute Gasteiger partial charge is 0.275 e. The molecule has 2 aromatic heterocycles. The lowest BCUT2D eigenvalue weighted by Crippen LogP contribution is -2.34. The first-order valence-corrected chi connectivity index (χ1v) is 11.5. The Labute approximate surface area is 197 Å². The van der Waals surface area contributed by atoms with Gasteiger partial charge < -0.3 is 15.6 Å². The van der Waals surface area contributed by atoms with Crippen LogP contribution in [0.1, 0.15) is 11.3 Å². The second-order valence-corrected chi connectivity index (χ2v) is 8.90. The Morgan fingerprint density at radius 3 is 2.71 bits per heavy atom. The number of nitrogens with two attached hydrogens (primary N) is 1. The molecule has 0 aliphatic heterocycles. The number of anilines is 2. The lowest BCUT2D eigenvalue weighted by Gasteiger charge is -2.13. The zero-order valence-electron chi connectivity index (χ0n) is 18.5. The fourth-order valence-corrected chi connectivity index (χ4v) is 4.46. The number of aromatic nitrogens is 3. The van der Waals surface area contributed by atoms with E-state index >= 15 is 0 Å². The van der Waals surface area contributed by atoms with Gasteiger partial charge in [-0.3, -0.25) is 19.0 Å². The topological polar surface area (TPSA) is 124 Å². The lowest BCUT2D eigenvalue weighted by atomic mass is 10.1. The van der Waals surface area contributed by atoms with Gasteiger partial charge in [0.15, 0.2) is 16.8 Å². The van der Waals surface area contributed by atoms with E-state index in [-0.39, 0.29) is 29.6 Å². The van der Waals surface area contributed by atoms with E-state index in [0.717, 1.165) is 16.5 Å². The van der Waals surface area contributed by atoms with E-state index in [4.69, 9.17) is 5.73 Å². The normalized spacial score (nSPS) is 12.0. The predicted octanol–water partition coefficient (Wildman–Crippen LogP) is 2.22. The Bertz CT molecular complexity index is 1480. The maximum atomic E-state index is 13.9. The molecule has 2 aromatic carbocycles. The molecule has 9 nitrogen and oxygen atoms in total. The number of aryl methyl sites for hydroxylation is 2. The average molecular weight is 483 g/mol. The van der Waals surface area contributed by atoms with Gasteiger partial charge in [0.1, 0.15) is 18.0 Å². The number of hydrogen-bond acceptors (Lipinski definition) is 5. The van der Waals surface area contributed by atoms with Gasteiger partial charge in [-0.05, 0) is 48.9 Å². The molecule has 2 heterocycles. The number of nitrogen functional groups attached to an aromatic ring is 1. The van der Waals surface area contributed by atoms with E-state index in [1.807, 2.05) is 18.2 Å². The molecule has 0 aliphatic carbocycles. The summed E-state index contributed by atoms with van der Waals surface area (Å²) in [7, 11) is -0.179. The Kier molecular flexibility index (Phi) is 6.46. The van der Waals surface area contributed by atoms with Crippen LogP contribution in [0.2, 0.25) is 0 Å². The summed E-state index contributed by atoms with van der Waals surface area (Å²) in [6.07, 6.45) is 0. The molecule has 4 N–H and O–H groups in total. The van der Waals surface area contributed by atoms with Crippen molar-refractivity contribution in [1.29, 1.82) is 0 Å². The van der Waals surface area contributed by atoms with Gasteiger partial charge >= 0.3 is 0 Å². The molecular weight excluding hydrogens is 459 g/mol. The van der Waals surface area contributed by atoms with Gasteiger partial charge in [0.05, 0.1) is 10.4 Å². The molecule has 0 radical (unpaired) electrons. The number of carbonyl (C=O) groups excluding carboxylic acids is 1. The van der Waals surface area contributed by atoms with Crippen LogP contribution in [-0.4, -0.2) is 24.5 Å². The first-order chi connectivity index (χ1) is 16.2. The molecule has 4 aromatic rings. The first kappa shape index (κ1) is 23.2. The van der Waals surface area contributed by atoms with Gasteiger partial charge in [0.2, 0.25) is 5.91 Å². The maximum Gasteiger partial charge on any atom is 0.275 e. The summed E-state index contributed by atoms with van der Waals surface area (Å²) in [4.78, 5) is 25.4. The highest BCUT2D eigenvalue weighted by Gasteiger charge is 2.15. The summed E-state index contributed by atoms with van der Waals surface area (Å²) in [6.45, 7) is 1.70. The molecule has 0 spiro atoms. The van der Waals surface area contributed by atoms with Crippen molar-refractivity contribution in [3.8, 4) is 0 Å². The van der Waals surface area contributed by atoms with E-state index < -0.39 is 22.4 Å². The number of fused-ring (bicyclic) bond motifs is 1. The summed E-state index contributed by atoms with van der Waals surface area (Å²) in [6, 6.07) is 14.3. The number of pyridine rings is 1. The quantitative estimate of drug-likeness (QED) is 0.373. The molecular formula is C23H23FN6O3S. The van der Waals surface area contributed by atoms with E-state index in [0.29, 0.717) is 11.5 Å². The molecule has 0 saturated heterocycles. The molecule has 0 aliphatic rings. The molecule has 0 saturated carbocycles. The van der Waals surface area contributed by atoms with Crippen molar-refractivity contribution in [3.05, 3.63) is 82.0 Å². The summed E-state index contributed by atoms with van der Waals surface area (Å²) in [5.74, 6) is -0.617. The first-order valence-electron chi connectivity index (χ1n) is 10.4. The highest BCUT2D eigenvalue weighted by Crippen LogP contribution is 2.21. The number of nitrogens with one attached hydrogen (secondary N) is 2. The Hall–Kier alpha value is -3.99. The van der Waals surface area contributed by atoms with Gasteiger partial charge in [0.25, 0.3) is 5.56 Å². The fraction of sp³-hybridized carbons (Fsp3) is 0.174. The zero-order chi connectivity index (χ0) is 24.4. The molecule has 11 heteroatoms. The largest absolute Gasteiger partial charge is 0.382 e. The van der Waals surface area contributed by atoms with Gasteiger partial charge in [-0.2, -0.15) is 5.10 Å². The highest BCUT2D eigenvalue weighted by molar-refractivity contribution is 7.86. The van der Waals surface area contributed by atoms with Crippen LogP contribution in [0.5, 0.6) is 0 Å². The van der Waals surface area contributed by atoms with Crippen LogP contribution in [0.25, 0.3) is 10.9 Å². The third-order valence-corrected chi connectivity index (χ3v) is 6.50. The van der Waals surface area contributed by atoms with Crippen molar-refractivity contribution >= 4 is 39.3 Å². The standard InChI is InChI=1S/C23H23FN6O3S/c1-14-7-9-18(28-34(33)20-6-4-3-5-17(20)24)23(32)30(14)13-21(31)26-12-15-8-10-19-16(11-15)22(25)27-29(19)2/h3-11,28H,12-13H2,1-2H3,(H2,25,27)(H,26,31). The van der Waals surface area contributed by atoms with Crippen LogP contribution in [0.3, 0.4) is 0 Å². The number of benzene rings is 2. The van der Waals surface area contributed by atoms with Crippen LogP contribution < -0.4 is 21.3 Å². The molecule has 0 bridgehead atoms. The van der Waals surface area contributed by atoms with Crippen LogP contribution in [0.4, 0.5) is 15.9 Å². The zero-order valence-corrected chi connectivity index (χ0v) is 19.4. The van der Waals surface area contributed by atoms with Gasteiger partial charge in [-0.1, -0.05) is 18.2 Å². The number of hydrogen-bond donors (Lipinski definition) is 3. The van der Waals surface area contributed by atoms with E-state index in [2.05, 4.69) is 15.1 Å². The maximum absolute atomic E-state index is 13.9. The molecule has 1 atom stereocenters. The van der Waals surface area contributed by atoms with Crippen molar-refractivity contribution in [2.45, 2.75) is 24.9 Å². The number of carbonyl (C=O) groups is 1. The fourth-order valence-electron chi connectivity index (χ4n) is 3.54. The van der Waals surface area contributed by atoms with E-state index in [1.165, 1.54) is 28.8 Å². The van der Waals surface area contributed by atoms with Gasteiger partial charge in [0, 0.05) is 24.7 Å². The van der Waals surface area contributed by atoms with Crippen molar-refractivity contribution in [2.24, 2.45) is 7.05 Å². The van der Waals surface area contributed by atoms with E-state index in [1.54, 1.807) is 30.8 Å². The molecule has 176 valence electrons. The highest BCUT2D eigenvalue weighted by atomic mass is 32.2. The van der Waals surface area contributed by atoms with E-state index in [9.17, 15) is 18.2 Å². The number of amides is 1. The van der Waals surface area contributed by atoms with Crippen molar-refractivity contribution in [2.75, 3.05) is 10.5 Å². The minimum atomic E-state index is -1.98. The second kappa shape index (κ2) is 9.48. The van der Waals surface area contributed by atoms with Crippen molar-refractivity contribution in [1.82, 2.24) is 19.7 Å². The SMILES string of the molecule is Cc1ccc(NS(=O)c2ccccc2F)c(=O)n1CC(=O)NCc1ccc2c(c1)c(N)nn2C. The van der Waals surface area contributed by atoms with Gasteiger partial charge in [-0.25, -0.2) is 8.60 Å². The van der Waals surface area contributed by atoms with Crippen LogP contribution in [0, 0.1) is 12.7 Å². The van der Waals surface area contributed by atoms with Crippen LogP contribution in [0.15, 0.2) is 64.3 Å². The summed E-state index contributed by atoms with van der Waals surface area (Å²) >= 11 is 0. The third-order valence-electron chi connectivity index (χ3n) is 5.37. The molecule has 4 rings (SSSR count). The number of nitrogens with zero attached hydrogens (tertiary/aromatic N) is 3. The Morgan fingerprint density at radius 2 is 1.94 bits per heavy atom. The Morgan fingerprint density at radius 1 is 1.18 bits per heavy atom. The minimum absolute atomic E-state index is 0.00232. The van der Waals surface area contributed by atoms with Crippen molar-refractivity contribution < 1.29 is 13.4 Å². The predicted molar refractivity (Wildman–Crippen MR) is 129 cm³/mol. The minimum Gasteiger partial charge on any atom is -0.382 e. The van der Waals surface area contributed by atoms with Crippen LogP contribution >= 0.6 is 0 Å². The molecule has 1 amide bonds. The van der Waals surface area contributed by atoms with Gasteiger partial charge in [-0.15, -0.1) is 0 Å². The number of halogens is 1. The third kappa shape index (κ3) is 4.69. The summed E-state index contributed by atoms with van der Waals surface area (Å²) in [5, 5.41) is 7.76. The molecule has 1 unspecified atom stereocenters. The molecule has 0 fully saturated rings. The average Bonchev–Trinajstić information content (AvgIpc) is 3.10. The van der Waals surface area contributed by atoms with Crippen LogP contribution in [-0.2, 0) is 35.9 Å². The lowest BCUT2D eigenvalue weighted by molar-refractivity contribution is -0.121.